The van der Waals surface area contributed by atoms with Crippen LogP contribution in [0.15, 0.2) is 24.3 Å². The van der Waals surface area contributed by atoms with Crippen LogP contribution in [0.5, 0.6) is 0 Å². The predicted octanol–water partition coefficient (Wildman–Crippen LogP) is 1.09. The summed E-state index contributed by atoms with van der Waals surface area (Å²) in [4.78, 5) is 15.8. The molecule has 0 heterocycles. The lowest BCUT2D eigenvalue weighted by atomic mass is 10.2. The van der Waals surface area contributed by atoms with Gasteiger partial charge in [-0.1, -0.05) is 0 Å². The Morgan fingerprint density at radius 3 is 2.57 bits per heavy atom. The van der Waals surface area contributed by atoms with E-state index in [1.807, 2.05) is 17.0 Å². The zero-order chi connectivity index (χ0) is 15.7. The highest BCUT2D eigenvalue weighted by Crippen LogP contribution is 2.15. The van der Waals surface area contributed by atoms with E-state index in [0.717, 1.165) is 5.69 Å². The Kier molecular flexibility index (Phi) is 7.23. The van der Waals surface area contributed by atoms with E-state index in [4.69, 9.17) is 15.7 Å². The summed E-state index contributed by atoms with van der Waals surface area (Å²) in [5.74, 6) is -0.0335. The van der Waals surface area contributed by atoms with E-state index in [1.165, 1.54) is 0 Å². The summed E-state index contributed by atoms with van der Waals surface area (Å²) in [5, 5.41) is 8.67. The van der Waals surface area contributed by atoms with Gasteiger partial charge in [0.05, 0.1) is 19.2 Å². The highest BCUT2D eigenvalue weighted by atomic mass is 16.5. The van der Waals surface area contributed by atoms with Crippen molar-refractivity contribution in [1.29, 1.82) is 5.26 Å². The maximum absolute atomic E-state index is 12.3. The molecule has 21 heavy (non-hydrogen) atoms. The fraction of sp³-hybridized carbons (Fsp3) is 0.467. The maximum atomic E-state index is 12.3. The molecule has 0 bridgehead atoms. The van der Waals surface area contributed by atoms with E-state index in [-0.39, 0.29) is 12.5 Å². The van der Waals surface area contributed by atoms with Crippen LogP contribution in [0.2, 0.25) is 0 Å². The first-order valence-corrected chi connectivity index (χ1v) is 6.78. The molecule has 0 aliphatic heterocycles. The van der Waals surface area contributed by atoms with Crippen molar-refractivity contribution in [2.75, 3.05) is 51.0 Å². The molecule has 0 fully saturated rings. The minimum absolute atomic E-state index is 0.0335. The number of nitrogens with two attached hydrogens (primary N) is 1. The second-order valence-corrected chi connectivity index (χ2v) is 4.72. The van der Waals surface area contributed by atoms with Crippen LogP contribution in [0.3, 0.4) is 0 Å². The van der Waals surface area contributed by atoms with Gasteiger partial charge < -0.3 is 15.4 Å². The van der Waals surface area contributed by atoms with Crippen LogP contribution in [0, 0.1) is 11.3 Å². The third kappa shape index (κ3) is 5.81. The standard InChI is InChI=1S/C15H22N4O2/c1-18(14-6-4-13(17)5-7-14)15(20)12-19(9-3-8-16)10-11-21-2/h4-7H,3,9-12,17H2,1-2H3. The first-order valence-electron chi connectivity index (χ1n) is 6.78. The summed E-state index contributed by atoms with van der Waals surface area (Å²) in [5.41, 5.74) is 7.09. The molecular formula is C15H22N4O2. The van der Waals surface area contributed by atoms with Crippen molar-refractivity contribution in [2.24, 2.45) is 0 Å². The van der Waals surface area contributed by atoms with Crippen molar-refractivity contribution in [3.63, 3.8) is 0 Å². The van der Waals surface area contributed by atoms with Crippen LogP contribution in [0.25, 0.3) is 0 Å². The van der Waals surface area contributed by atoms with Crippen LogP contribution in [0.1, 0.15) is 6.42 Å². The van der Waals surface area contributed by atoms with E-state index in [2.05, 4.69) is 6.07 Å². The molecule has 2 N–H and O–H groups in total. The normalized spacial score (nSPS) is 10.4. The highest BCUT2D eigenvalue weighted by Gasteiger charge is 2.15. The van der Waals surface area contributed by atoms with Gasteiger partial charge in [-0.2, -0.15) is 5.26 Å². The van der Waals surface area contributed by atoms with Gasteiger partial charge in [-0.3, -0.25) is 9.69 Å². The Hall–Kier alpha value is -2.10. The monoisotopic (exact) mass is 290 g/mol. The number of hydrogen-bond acceptors (Lipinski definition) is 5. The van der Waals surface area contributed by atoms with Crippen LogP contribution in [-0.4, -0.2) is 51.2 Å². The van der Waals surface area contributed by atoms with E-state index in [0.29, 0.717) is 31.8 Å². The number of ether oxygens (including phenoxy) is 1. The summed E-state index contributed by atoms with van der Waals surface area (Å²) in [7, 11) is 3.34. The Morgan fingerprint density at radius 1 is 1.33 bits per heavy atom. The maximum Gasteiger partial charge on any atom is 0.240 e. The number of benzene rings is 1. The molecule has 0 saturated heterocycles. The zero-order valence-corrected chi connectivity index (χ0v) is 12.6. The molecule has 0 aliphatic rings. The number of carbonyl (C=O) groups excluding carboxylic acids is 1. The Labute approximate surface area is 125 Å². The van der Waals surface area contributed by atoms with Crippen LogP contribution in [-0.2, 0) is 9.53 Å². The molecule has 1 aromatic rings. The third-order valence-corrected chi connectivity index (χ3v) is 3.16. The lowest BCUT2D eigenvalue weighted by Gasteiger charge is -2.24. The van der Waals surface area contributed by atoms with Crippen LogP contribution in [0.4, 0.5) is 11.4 Å². The van der Waals surface area contributed by atoms with E-state index >= 15 is 0 Å². The summed E-state index contributed by atoms with van der Waals surface area (Å²) in [6.07, 6.45) is 0.391. The first-order chi connectivity index (χ1) is 10.1. The number of hydrogen-bond donors (Lipinski definition) is 1. The average molecular weight is 290 g/mol. The molecular weight excluding hydrogens is 268 g/mol. The minimum Gasteiger partial charge on any atom is -0.399 e. The largest absolute Gasteiger partial charge is 0.399 e. The lowest BCUT2D eigenvalue weighted by Crippen LogP contribution is -2.40. The second kappa shape index (κ2) is 8.95. The smallest absolute Gasteiger partial charge is 0.240 e. The Balaban J connectivity index is 2.62. The van der Waals surface area contributed by atoms with Gasteiger partial charge >= 0.3 is 0 Å². The van der Waals surface area contributed by atoms with Gasteiger partial charge in [-0.15, -0.1) is 0 Å². The number of carbonyl (C=O) groups is 1. The van der Waals surface area contributed by atoms with Gasteiger partial charge in [0.15, 0.2) is 0 Å². The van der Waals surface area contributed by atoms with Gasteiger partial charge in [0.25, 0.3) is 0 Å². The molecule has 0 atom stereocenters. The number of amides is 1. The number of rotatable bonds is 8. The summed E-state index contributed by atoms with van der Waals surface area (Å²) < 4.78 is 5.03. The molecule has 1 aromatic carbocycles. The van der Waals surface area contributed by atoms with Gasteiger partial charge in [0, 0.05) is 45.0 Å². The van der Waals surface area contributed by atoms with E-state index < -0.39 is 0 Å². The number of likely N-dealkylation sites (N-methyl/N-ethyl adjacent to an activating group) is 1. The van der Waals surface area contributed by atoms with E-state index in [9.17, 15) is 4.79 Å². The van der Waals surface area contributed by atoms with Gasteiger partial charge in [-0.25, -0.2) is 0 Å². The first kappa shape index (κ1) is 17.0. The van der Waals surface area contributed by atoms with Crippen molar-refractivity contribution in [2.45, 2.75) is 6.42 Å². The van der Waals surface area contributed by atoms with Gasteiger partial charge in [-0.05, 0) is 24.3 Å². The molecule has 114 valence electrons. The molecule has 1 rings (SSSR count). The third-order valence-electron chi connectivity index (χ3n) is 3.16. The van der Waals surface area contributed by atoms with E-state index in [1.54, 1.807) is 31.2 Å². The second-order valence-electron chi connectivity index (χ2n) is 4.72. The molecule has 0 aromatic heterocycles. The van der Waals surface area contributed by atoms with Crippen molar-refractivity contribution in [3.05, 3.63) is 24.3 Å². The van der Waals surface area contributed by atoms with Crippen molar-refractivity contribution in [3.8, 4) is 6.07 Å². The van der Waals surface area contributed by atoms with Crippen LogP contribution >= 0.6 is 0 Å². The Morgan fingerprint density at radius 2 is 2.00 bits per heavy atom. The molecule has 0 unspecified atom stereocenters. The minimum atomic E-state index is -0.0335. The molecule has 0 aliphatic carbocycles. The SMILES string of the molecule is COCCN(CCC#N)CC(=O)N(C)c1ccc(N)cc1. The number of anilines is 2. The Bertz CT molecular complexity index is 481. The number of nitrogens with zero attached hydrogens (tertiary/aromatic N) is 3. The number of nitrogen functional groups attached to an aromatic ring is 1. The van der Waals surface area contributed by atoms with Crippen molar-refractivity contribution < 1.29 is 9.53 Å². The fourth-order valence-electron chi connectivity index (χ4n) is 1.84. The lowest BCUT2D eigenvalue weighted by molar-refractivity contribution is -0.119. The summed E-state index contributed by atoms with van der Waals surface area (Å²) in [6.45, 7) is 1.97. The average Bonchev–Trinajstić information content (AvgIpc) is 2.49. The summed E-state index contributed by atoms with van der Waals surface area (Å²) in [6, 6.07) is 9.23. The molecule has 1 amide bonds. The molecule has 6 heteroatoms. The zero-order valence-electron chi connectivity index (χ0n) is 12.6. The van der Waals surface area contributed by atoms with Crippen molar-refractivity contribution >= 4 is 17.3 Å². The molecule has 0 saturated carbocycles. The number of nitriles is 1. The van der Waals surface area contributed by atoms with Gasteiger partial charge in [0.1, 0.15) is 0 Å². The summed E-state index contributed by atoms with van der Waals surface area (Å²) >= 11 is 0. The predicted molar refractivity (Wildman–Crippen MR) is 82.8 cm³/mol. The van der Waals surface area contributed by atoms with Gasteiger partial charge in [0.2, 0.25) is 5.91 Å². The molecule has 0 spiro atoms. The van der Waals surface area contributed by atoms with Crippen molar-refractivity contribution in [1.82, 2.24) is 4.90 Å². The fourth-order valence-corrected chi connectivity index (χ4v) is 1.84. The number of methoxy groups -OCH3 is 1. The highest BCUT2D eigenvalue weighted by molar-refractivity contribution is 5.94. The quantitative estimate of drug-likeness (QED) is 0.725. The molecule has 6 nitrogen and oxygen atoms in total. The molecule has 0 radical (unpaired) electrons. The topological polar surface area (TPSA) is 82.6 Å². The van der Waals surface area contributed by atoms with Crippen LogP contribution < -0.4 is 10.6 Å².